The second kappa shape index (κ2) is 9.50. The number of carbonyl (C=O) groups excluding carboxylic acids is 1. The van der Waals surface area contributed by atoms with Crippen LogP contribution in [0.3, 0.4) is 0 Å². The predicted octanol–water partition coefficient (Wildman–Crippen LogP) is 2.90. The van der Waals surface area contributed by atoms with Gasteiger partial charge in [-0.3, -0.25) is 4.79 Å². The molecule has 1 heterocycles. The summed E-state index contributed by atoms with van der Waals surface area (Å²) in [5.41, 5.74) is 1.86. The van der Waals surface area contributed by atoms with Crippen molar-refractivity contribution in [2.75, 3.05) is 19.3 Å². The van der Waals surface area contributed by atoms with Crippen molar-refractivity contribution in [1.82, 2.24) is 9.62 Å². The van der Waals surface area contributed by atoms with Gasteiger partial charge in [0.25, 0.3) is 5.91 Å². The molecule has 0 saturated carbocycles. The monoisotopic (exact) mass is 464 g/mol. The van der Waals surface area contributed by atoms with E-state index < -0.39 is 19.9 Å². The Labute approximate surface area is 184 Å². The lowest BCUT2D eigenvalue weighted by Crippen LogP contribution is -2.36. The third-order valence-corrected chi connectivity index (χ3v) is 8.41. The van der Waals surface area contributed by atoms with E-state index in [-0.39, 0.29) is 22.6 Å². The van der Waals surface area contributed by atoms with Crippen molar-refractivity contribution in [2.45, 2.75) is 42.9 Å². The van der Waals surface area contributed by atoms with Gasteiger partial charge < -0.3 is 5.32 Å². The van der Waals surface area contributed by atoms with E-state index >= 15 is 0 Å². The SMILES string of the molecule is C[C@@H](NC(=O)c1ccc(CS(=O)(=O)N2CCCCC2)cc1)c1ccc(S(C)(=O)=O)cc1. The van der Waals surface area contributed by atoms with Crippen LogP contribution in [-0.2, 0) is 25.6 Å². The molecule has 168 valence electrons. The quantitative estimate of drug-likeness (QED) is 0.679. The third-order valence-electron chi connectivity index (χ3n) is 5.43. The van der Waals surface area contributed by atoms with Crippen LogP contribution in [0.4, 0.5) is 0 Å². The van der Waals surface area contributed by atoms with Crippen LogP contribution in [0.25, 0.3) is 0 Å². The van der Waals surface area contributed by atoms with Gasteiger partial charge in [-0.15, -0.1) is 0 Å². The molecule has 0 aromatic heterocycles. The predicted molar refractivity (Wildman–Crippen MR) is 120 cm³/mol. The molecule has 7 nitrogen and oxygen atoms in total. The summed E-state index contributed by atoms with van der Waals surface area (Å²) in [6.07, 6.45) is 4.01. The highest BCUT2D eigenvalue weighted by Crippen LogP contribution is 2.19. The Morgan fingerprint density at radius 3 is 2.06 bits per heavy atom. The van der Waals surface area contributed by atoms with Gasteiger partial charge in [-0.05, 0) is 55.2 Å². The number of benzene rings is 2. The van der Waals surface area contributed by atoms with Crippen molar-refractivity contribution in [2.24, 2.45) is 0 Å². The first kappa shape index (κ1) is 23.4. The zero-order valence-corrected chi connectivity index (χ0v) is 19.4. The van der Waals surface area contributed by atoms with Gasteiger partial charge in [0.15, 0.2) is 9.84 Å². The summed E-state index contributed by atoms with van der Waals surface area (Å²) >= 11 is 0. The van der Waals surface area contributed by atoms with E-state index in [4.69, 9.17) is 0 Å². The molecule has 0 aliphatic carbocycles. The number of hydrogen-bond acceptors (Lipinski definition) is 5. The number of amides is 1. The summed E-state index contributed by atoms with van der Waals surface area (Å²) < 4.78 is 49.8. The number of nitrogens with zero attached hydrogens (tertiary/aromatic N) is 1. The highest BCUT2D eigenvalue weighted by atomic mass is 32.2. The van der Waals surface area contributed by atoms with Crippen LogP contribution >= 0.6 is 0 Å². The molecule has 9 heteroatoms. The molecule has 0 radical (unpaired) electrons. The highest BCUT2D eigenvalue weighted by Gasteiger charge is 2.24. The summed E-state index contributed by atoms with van der Waals surface area (Å²) in [5, 5.41) is 2.88. The number of hydrogen-bond donors (Lipinski definition) is 1. The Hall–Kier alpha value is -2.23. The van der Waals surface area contributed by atoms with Crippen LogP contribution in [-0.4, -0.2) is 46.4 Å². The van der Waals surface area contributed by atoms with Crippen LogP contribution in [0.15, 0.2) is 53.4 Å². The average molecular weight is 465 g/mol. The lowest BCUT2D eigenvalue weighted by Gasteiger charge is -2.25. The van der Waals surface area contributed by atoms with Crippen LogP contribution in [0.2, 0.25) is 0 Å². The number of rotatable bonds is 7. The fourth-order valence-corrected chi connectivity index (χ4v) is 5.81. The van der Waals surface area contributed by atoms with Gasteiger partial charge in [-0.25, -0.2) is 21.1 Å². The van der Waals surface area contributed by atoms with E-state index in [1.54, 1.807) is 40.7 Å². The molecule has 1 atom stereocenters. The molecular formula is C22H28N2O5S2. The maximum atomic E-state index is 12.6. The number of sulfonamides is 1. The van der Waals surface area contributed by atoms with Crippen LogP contribution in [0.5, 0.6) is 0 Å². The smallest absolute Gasteiger partial charge is 0.251 e. The van der Waals surface area contributed by atoms with Gasteiger partial charge in [0.1, 0.15) is 0 Å². The molecule has 31 heavy (non-hydrogen) atoms. The van der Waals surface area contributed by atoms with E-state index in [9.17, 15) is 21.6 Å². The first-order valence-electron chi connectivity index (χ1n) is 10.2. The van der Waals surface area contributed by atoms with Gasteiger partial charge in [0.05, 0.1) is 16.7 Å². The molecule has 1 aliphatic rings. The standard InChI is InChI=1S/C22H28N2O5S2/c1-17(19-10-12-21(13-11-19)30(2,26)27)23-22(25)20-8-6-18(7-9-20)16-31(28,29)24-14-4-3-5-15-24/h6-13,17H,3-5,14-16H2,1-2H3,(H,23,25)/t17-/m1/s1. The maximum absolute atomic E-state index is 12.6. The Bertz CT molecular complexity index is 1120. The fourth-order valence-electron chi connectivity index (χ4n) is 3.56. The number of nitrogens with one attached hydrogen (secondary N) is 1. The van der Waals surface area contributed by atoms with E-state index in [2.05, 4.69) is 5.32 Å². The minimum Gasteiger partial charge on any atom is -0.346 e. The Kier molecular flexibility index (Phi) is 7.18. The first-order chi connectivity index (χ1) is 14.6. The largest absolute Gasteiger partial charge is 0.346 e. The van der Waals surface area contributed by atoms with Crippen molar-refractivity contribution < 1.29 is 21.6 Å². The number of piperidine rings is 1. The molecular weight excluding hydrogens is 436 g/mol. The summed E-state index contributed by atoms with van der Waals surface area (Å²) in [5.74, 6) is -0.358. The van der Waals surface area contributed by atoms with Crippen LogP contribution in [0, 0.1) is 0 Å². The number of carbonyl (C=O) groups is 1. The van der Waals surface area contributed by atoms with Crippen LogP contribution in [0.1, 0.15) is 53.7 Å². The molecule has 1 fully saturated rings. The Morgan fingerprint density at radius 2 is 1.52 bits per heavy atom. The minimum atomic E-state index is -3.35. The number of sulfone groups is 1. The Morgan fingerprint density at radius 1 is 0.935 bits per heavy atom. The lowest BCUT2D eigenvalue weighted by atomic mass is 10.1. The maximum Gasteiger partial charge on any atom is 0.251 e. The summed E-state index contributed by atoms with van der Waals surface area (Å²) in [4.78, 5) is 12.8. The molecule has 0 unspecified atom stereocenters. The van der Waals surface area contributed by atoms with Gasteiger partial charge in [0.2, 0.25) is 10.0 Å². The molecule has 0 spiro atoms. The molecule has 1 amide bonds. The lowest BCUT2D eigenvalue weighted by molar-refractivity contribution is 0.0940. The third kappa shape index (κ3) is 6.15. The average Bonchev–Trinajstić information content (AvgIpc) is 2.74. The molecule has 1 N–H and O–H groups in total. The molecule has 2 aromatic rings. The highest BCUT2D eigenvalue weighted by molar-refractivity contribution is 7.90. The molecule has 1 aliphatic heterocycles. The summed E-state index contributed by atoms with van der Waals surface area (Å²) in [6.45, 7) is 2.96. The van der Waals surface area contributed by atoms with Crippen molar-refractivity contribution in [3.63, 3.8) is 0 Å². The minimum absolute atomic E-state index is 0.0714. The van der Waals surface area contributed by atoms with Crippen molar-refractivity contribution in [3.05, 3.63) is 65.2 Å². The van der Waals surface area contributed by atoms with Crippen molar-refractivity contribution in [1.29, 1.82) is 0 Å². The molecule has 1 saturated heterocycles. The second-order valence-electron chi connectivity index (χ2n) is 7.95. The normalized spacial score (nSPS) is 16.6. The molecule has 2 aromatic carbocycles. The fraction of sp³-hybridized carbons (Fsp3) is 0.409. The van der Waals surface area contributed by atoms with E-state index in [1.165, 1.54) is 12.1 Å². The molecule has 0 bridgehead atoms. The van der Waals surface area contributed by atoms with Gasteiger partial charge in [0, 0.05) is 24.9 Å². The van der Waals surface area contributed by atoms with Gasteiger partial charge in [-0.1, -0.05) is 30.7 Å². The second-order valence-corrected chi connectivity index (χ2v) is 11.9. The molecule has 3 rings (SSSR count). The van der Waals surface area contributed by atoms with E-state index in [0.717, 1.165) is 31.1 Å². The Balaban J connectivity index is 1.62. The zero-order chi connectivity index (χ0) is 22.6. The van der Waals surface area contributed by atoms with Crippen molar-refractivity contribution >= 4 is 25.8 Å². The van der Waals surface area contributed by atoms with E-state index in [1.807, 2.05) is 6.92 Å². The van der Waals surface area contributed by atoms with E-state index in [0.29, 0.717) is 24.2 Å². The summed E-state index contributed by atoms with van der Waals surface area (Å²) in [7, 11) is -6.62. The van der Waals surface area contributed by atoms with Gasteiger partial charge in [-0.2, -0.15) is 0 Å². The first-order valence-corrected chi connectivity index (χ1v) is 13.7. The van der Waals surface area contributed by atoms with Crippen LogP contribution < -0.4 is 5.32 Å². The topological polar surface area (TPSA) is 101 Å². The zero-order valence-electron chi connectivity index (χ0n) is 17.7. The van der Waals surface area contributed by atoms with Crippen molar-refractivity contribution in [3.8, 4) is 0 Å². The van der Waals surface area contributed by atoms with Gasteiger partial charge >= 0.3 is 0 Å². The summed E-state index contributed by atoms with van der Waals surface area (Å²) in [6, 6.07) is 12.7.